The summed E-state index contributed by atoms with van der Waals surface area (Å²) in [5.41, 5.74) is 6.56. The van der Waals surface area contributed by atoms with Crippen LogP contribution in [0.1, 0.15) is 22.4 Å². The number of carboxylic acids is 1. The number of ether oxygens (including phenoxy) is 1. The van der Waals surface area contributed by atoms with Crippen LogP contribution in [-0.4, -0.2) is 67.2 Å². The molecule has 1 aromatic heterocycles. The summed E-state index contributed by atoms with van der Waals surface area (Å²) >= 11 is 0. The summed E-state index contributed by atoms with van der Waals surface area (Å²) in [6.07, 6.45) is 3.73. The van der Waals surface area contributed by atoms with Gasteiger partial charge in [0.05, 0.1) is 7.11 Å². The van der Waals surface area contributed by atoms with Crippen molar-refractivity contribution in [1.29, 1.82) is 0 Å². The molecule has 13 heteroatoms. The Morgan fingerprint density at radius 1 is 0.750 bits per heavy atom. The molecule has 5 aromatic carbocycles. The van der Waals surface area contributed by atoms with Crippen molar-refractivity contribution < 1.29 is 40.6 Å². The Morgan fingerprint density at radius 3 is 1.90 bits per heavy atom. The predicted molar refractivity (Wildman–Crippen MR) is 201 cm³/mol. The highest BCUT2D eigenvalue weighted by Crippen LogP contribution is 2.31. The van der Waals surface area contributed by atoms with Gasteiger partial charge >= 0.3 is 5.97 Å². The number of likely N-dealkylation sites (N-methyl/N-ethyl adjacent to an activating group) is 1. The summed E-state index contributed by atoms with van der Waals surface area (Å²) < 4.78 is 70.2. The van der Waals surface area contributed by atoms with E-state index in [1.54, 1.807) is 19.2 Å². The largest absolute Gasteiger partial charge is 0.496 e. The third-order valence-corrected chi connectivity index (χ3v) is 10.3. The number of carbonyl (C=O) groups is 1. The molecule has 3 N–H and O–H groups in total. The topological polar surface area (TPSA) is 163 Å². The highest BCUT2D eigenvalue weighted by molar-refractivity contribution is 7.86. The first-order valence-corrected chi connectivity index (χ1v) is 19.0. The van der Waals surface area contributed by atoms with Crippen LogP contribution >= 0.6 is 0 Å². The van der Waals surface area contributed by atoms with Crippen molar-refractivity contribution in [1.82, 2.24) is 9.47 Å². The second-order valence-electron chi connectivity index (χ2n) is 12.0. The average Bonchev–Trinajstić information content (AvgIpc) is 3.42. The third kappa shape index (κ3) is 9.12. The zero-order valence-electron chi connectivity index (χ0n) is 28.5. The first kappa shape index (κ1) is 37.9. The van der Waals surface area contributed by atoms with Crippen molar-refractivity contribution in [2.75, 3.05) is 20.7 Å². The molecule has 52 heavy (non-hydrogen) atoms. The average molecular weight is 743 g/mol. The maximum atomic E-state index is 11.2. The smallest absolute Gasteiger partial charge is 0.328 e. The van der Waals surface area contributed by atoms with Crippen LogP contribution in [0.15, 0.2) is 131 Å². The maximum Gasteiger partial charge on any atom is 0.328 e. The van der Waals surface area contributed by atoms with Gasteiger partial charge in [-0.3, -0.25) is 9.11 Å². The minimum Gasteiger partial charge on any atom is -0.496 e. The van der Waals surface area contributed by atoms with Gasteiger partial charge in [0.2, 0.25) is 0 Å². The summed E-state index contributed by atoms with van der Waals surface area (Å²) in [4.78, 5) is 11.8. The van der Waals surface area contributed by atoms with Crippen molar-refractivity contribution in [3.05, 3.63) is 144 Å². The molecule has 1 aliphatic rings. The van der Waals surface area contributed by atoms with E-state index >= 15 is 0 Å². The van der Waals surface area contributed by atoms with Crippen molar-refractivity contribution in [3.63, 3.8) is 0 Å². The van der Waals surface area contributed by atoms with Gasteiger partial charge in [0.25, 0.3) is 20.2 Å². The van der Waals surface area contributed by atoms with Gasteiger partial charge in [-0.1, -0.05) is 91.0 Å². The van der Waals surface area contributed by atoms with Crippen LogP contribution in [-0.2, 0) is 44.5 Å². The fraction of sp³-hybridized carbons (Fsp3) is 0.154. The van der Waals surface area contributed by atoms with Gasteiger partial charge in [0.1, 0.15) is 15.5 Å². The molecule has 0 unspecified atom stereocenters. The lowest BCUT2D eigenvalue weighted by Crippen LogP contribution is -2.27. The second-order valence-corrected chi connectivity index (χ2v) is 14.8. The van der Waals surface area contributed by atoms with Crippen molar-refractivity contribution in [2.45, 2.75) is 29.3 Å². The van der Waals surface area contributed by atoms with Gasteiger partial charge in [-0.2, -0.15) is 16.8 Å². The van der Waals surface area contributed by atoms with E-state index in [1.807, 2.05) is 12.1 Å². The van der Waals surface area contributed by atoms with E-state index in [4.69, 9.17) is 18.9 Å². The zero-order valence-corrected chi connectivity index (χ0v) is 30.1. The SMILES string of the molecule is CN1CCc2c(c3ccccc3n2Cc2ccccc2)C1.COc1ccccc1C=CC(=O)O.O=S(=O)(O)c1cccc2c(S(=O)(=O)O)cccc12. The fourth-order valence-electron chi connectivity index (χ4n) is 6.15. The lowest BCUT2D eigenvalue weighted by molar-refractivity contribution is -0.131. The number of hydrogen-bond donors (Lipinski definition) is 3. The third-order valence-electron chi connectivity index (χ3n) is 8.48. The van der Waals surface area contributed by atoms with Crippen LogP contribution in [0, 0.1) is 0 Å². The highest BCUT2D eigenvalue weighted by atomic mass is 32.2. The summed E-state index contributed by atoms with van der Waals surface area (Å²) in [5, 5.41) is 9.88. The number of benzene rings is 5. The van der Waals surface area contributed by atoms with E-state index in [0.717, 1.165) is 49.8 Å². The molecule has 0 spiro atoms. The van der Waals surface area contributed by atoms with Gasteiger partial charge in [-0.15, -0.1) is 0 Å². The minimum absolute atomic E-state index is 0.0233. The molecule has 0 amide bonds. The summed E-state index contributed by atoms with van der Waals surface area (Å²) in [6, 6.07) is 34.4. The fourth-order valence-corrected chi connectivity index (χ4v) is 7.56. The molecule has 0 radical (unpaired) electrons. The van der Waals surface area contributed by atoms with Crippen LogP contribution in [0.5, 0.6) is 5.75 Å². The quantitative estimate of drug-likeness (QED) is 0.117. The van der Waals surface area contributed by atoms with Crippen LogP contribution in [0.4, 0.5) is 0 Å². The summed E-state index contributed by atoms with van der Waals surface area (Å²) in [6.45, 7) is 3.19. The molecule has 7 rings (SSSR count). The molecule has 11 nitrogen and oxygen atoms in total. The number of fused-ring (bicyclic) bond motifs is 4. The molecule has 0 bridgehead atoms. The van der Waals surface area contributed by atoms with Gasteiger partial charge in [-0.05, 0) is 48.5 Å². The zero-order chi connectivity index (χ0) is 37.5. The maximum absolute atomic E-state index is 11.2. The Hall–Kier alpha value is -5.31. The first-order valence-electron chi connectivity index (χ1n) is 16.1. The molecule has 0 saturated heterocycles. The Bertz CT molecular complexity index is 2390. The first-order chi connectivity index (χ1) is 24.8. The van der Waals surface area contributed by atoms with Crippen LogP contribution in [0.2, 0.25) is 0 Å². The molecule has 270 valence electrons. The molecule has 2 heterocycles. The van der Waals surface area contributed by atoms with E-state index in [-0.39, 0.29) is 10.8 Å². The number of methoxy groups -OCH3 is 1. The molecule has 0 atom stereocenters. The van der Waals surface area contributed by atoms with E-state index in [9.17, 15) is 21.6 Å². The van der Waals surface area contributed by atoms with Gasteiger partial charge in [0, 0.05) is 65.1 Å². The monoisotopic (exact) mass is 742 g/mol. The van der Waals surface area contributed by atoms with Crippen LogP contribution in [0.3, 0.4) is 0 Å². The Balaban J connectivity index is 0.000000156. The van der Waals surface area contributed by atoms with Gasteiger partial charge < -0.3 is 19.3 Å². The molecule has 6 aromatic rings. The highest BCUT2D eigenvalue weighted by Gasteiger charge is 2.22. The number of nitrogens with zero attached hydrogens (tertiary/aromatic N) is 2. The number of hydrogen-bond acceptors (Lipinski definition) is 7. The molecule has 0 fully saturated rings. The summed E-state index contributed by atoms with van der Waals surface area (Å²) in [5.74, 6) is -0.300. The molecular weight excluding hydrogens is 705 g/mol. The number of aliphatic carboxylic acids is 1. The van der Waals surface area contributed by atoms with Gasteiger partial charge in [0.15, 0.2) is 0 Å². The van der Waals surface area contributed by atoms with Crippen molar-refractivity contribution in [3.8, 4) is 5.75 Å². The lowest BCUT2D eigenvalue weighted by atomic mass is 10.1. The minimum atomic E-state index is -4.47. The van der Waals surface area contributed by atoms with Crippen molar-refractivity contribution >= 4 is 54.0 Å². The number of para-hydroxylation sites is 2. The Morgan fingerprint density at radius 2 is 1.31 bits per heavy atom. The second kappa shape index (κ2) is 16.4. The van der Waals surface area contributed by atoms with E-state index < -0.39 is 36.0 Å². The number of aromatic nitrogens is 1. The Labute approximate surface area is 302 Å². The number of rotatable bonds is 7. The van der Waals surface area contributed by atoms with Gasteiger partial charge in [-0.25, -0.2) is 4.79 Å². The van der Waals surface area contributed by atoms with E-state index in [2.05, 4.69) is 71.1 Å². The molecular formula is C39H38N2O9S2. The van der Waals surface area contributed by atoms with Crippen LogP contribution in [0.25, 0.3) is 27.8 Å². The number of carboxylic acid groups (broad SMARTS) is 1. The van der Waals surface area contributed by atoms with E-state index in [0.29, 0.717) is 5.75 Å². The Kier molecular flexibility index (Phi) is 11.9. The lowest BCUT2D eigenvalue weighted by Gasteiger charge is -2.24. The summed E-state index contributed by atoms with van der Waals surface area (Å²) in [7, 11) is -5.17. The predicted octanol–water partition coefficient (Wildman–Crippen LogP) is 6.80. The standard InChI is InChI=1S/C19H20N2.C10H8O6S2.C10H10O3/c1-20-12-11-19-17(14-20)16-9-5-6-10-18(16)21(19)13-15-7-3-2-4-8-15;11-17(12,13)9-5-1-3-7-8(9)4-2-6-10(7)18(14,15)16;1-13-9-5-3-2-4-8(9)6-7-10(11)12/h2-10H,11-14H2,1H3;1-6H,(H,11,12,13)(H,14,15,16);2-7H,1H3,(H,11,12). The normalized spacial score (nSPS) is 13.2. The van der Waals surface area contributed by atoms with Crippen LogP contribution < -0.4 is 4.74 Å². The molecule has 0 saturated carbocycles. The molecule has 0 aliphatic carbocycles. The van der Waals surface area contributed by atoms with E-state index in [1.165, 1.54) is 58.1 Å². The molecule has 1 aliphatic heterocycles. The van der Waals surface area contributed by atoms with Crippen molar-refractivity contribution in [2.24, 2.45) is 0 Å².